The molecule has 0 radical (unpaired) electrons. The molecule has 6 rings (SSSR count). The maximum Gasteiger partial charge on any atom is 0.318 e. The normalized spacial score (nSPS) is 20.1. The van der Waals surface area contributed by atoms with Gasteiger partial charge in [0.2, 0.25) is 6.54 Å². The lowest BCUT2D eigenvalue weighted by Gasteiger charge is -2.36. The SMILES string of the molecule is [C-]#[N+]C[C@@H]1CCCN(c2nc(OCCN3CCCCC3)nc3c2CCN(c2cccc4cccc(Cl)c24)C3)C1. The molecule has 0 bridgehead atoms. The van der Waals surface area contributed by atoms with E-state index in [2.05, 4.69) is 43.8 Å². The lowest BCUT2D eigenvalue weighted by atomic mass is 9.96. The van der Waals surface area contributed by atoms with E-state index in [1.807, 2.05) is 12.1 Å². The van der Waals surface area contributed by atoms with Crippen molar-refractivity contribution >= 4 is 33.9 Å². The highest BCUT2D eigenvalue weighted by atomic mass is 35.5. The first-order valence-electron chi connectivity index (χ1n) is 14.4. The van der Waals surface area contributed by atoms with Crippen LogP contribution in [0.1, 0.15) is 43.4 Å². The van der Waals surface area contributed by atoms with E-state index in [0.717, 1.165) is 91.5 Å². The molecular weight excluding hydrogens is 508 g/mol. The van der Waals surface area contributed by atoms with E-state index in [4.69, 9.17) is 32.9 Å². The van der Waals surface area contributed by atoms with Gasteiger partial charge in [0, 0.05) is 48.7 Å². The number of halogens is 1. The number of aromatic nitrogens is 2. The molecule has 0 amide bonds. The zero-order chi connectivity index (χ0) is 26.6. The number of hydrogen-bond acceptors (Lipinski definition) is 6. The molecule has 1 aromatic heterocycles. The molecular formula is C31H37ClN6O. The summed E-state index contributed by atoms with van der Waals surface area (Å²) < 4.78 is 6.23. The van der Waals surface area contributed by atoms with Crippen LogP contribution in [0.2, 0.25) is 5.02 Å². The highest BCUT2D eigenvalue weighted by Gasteiger charge is 2.30. The number of ether oxygens (including phenoxy) is 1. The van der Waals surface area contributed by atoms with Crippen molar-refractivity contribution in [2.24, 2.45) is 5.92 Å². The van der Waals surface area contributed by atoms with Crippen LogP contribution in [-0.2, 0) is 13.0 Å². The van der Waals surface area contributed by atoms with Gasteiger partial charge in [0.05, 0.1) is 17.3 Å². The third-order valence-corrected chi connectivity index (χ3v) is 8.77. The fourth-order valence-corrected chi connectivity index (χ4v) is 6.72. The molecule has 2 saturated heterocycles. The minimum Gasteiger partial charge on any atom is -0.462 e. The summed E-state index contributed by atoms with van der Waals surface area (Å²) in [6.45, 7) is 15.2. The Kier molecular flexibility index (Phi) is 8.03. The van der Waals surface area contributed by atoms with Crippen LogP contribution in [0.4, 0.5) is 11.5 Å². The second-order valence-corrected chi connectivity index (χ2v) is 11.5. The average molecular weight is 545 g/mol. The molecule has 3 aliphatic rings. The molecule has 7 nitrogen and oxygen atoms in total. The first-order chi connectivity index (χ1) is 19.2. The van der Waals surface area contributed by atoms with E-state index in [-0.39, 0.29) is 0 Å². The van der Waals surface area contributed by atoms with Crippen LogP contribution in [0.3, 0.4) is 0 Å². The molecule has 3 aromatic rings. The molecule has 2 aromatic carbocycles. The van der Waals surface area contributed by atoms with Gasteiger partial charge in [-0.3, -0.25) is 4.90 Å². The molecule has 3 aliphatic heterocycles. The molecule has 8 heteroatoms. The third kappa shape index (κ3) is 5.78. The number of benzene rings is 2. The average Bonchev–Trinajstić information content (AvgIpc) is 2.97. The zero-order valence-corrected chi connectivity index (χ0v) is 23.4. The summed E-state index contributed by atoms with van der Waals surface area (Å²) in [4.78, 5) is 20.9. The molecule has 39 heavy (non-hydrogen) atoms. The van der Waals surface area contributed by atoms with Crippen molar-refractivity contribution in [1.82, 2.24) is 14.9 Å². The van der Waals surface area contributed by atoms with Crippen molar-refractivity contribution in [2.75, 3.05) is 62.2 Å². The van der Waals surface area contributed by atoms with Crippen LogP contribution in [0.15, 0.2) is 36.4 Å². The molecule has 0 N–H and O–H groups in total. The minimum atomic E-state index is 0.392. The number of hydrogen-bond donors (Lipinski definition) is 0. The number of likely N-dealkylation sites (tertiary alicyclic amines) is 1. The lowest BCUT2D eigenvalue weighted by molar-refractivity contribution is 0.177. The Morgan fingerprint density at radius 1 is 0.974 bits per heavy atom. The number of anilines is 2. The Balaban J connectivity index is 1.29. The smallest absolute Gasteiger partial charge is 0.318 e. The van der Waals surface area contributed by atoms with E-state index in [1.54, 1.807) is 0 Å². The fraction of sp³-hybridized carbons (Fsp3) is 0.516. The quantitative estimate of drug-likeness (QED) is 0.348. The Bertz CT molecular complexity index is 1350. The highest BCUT2D eigenvalue weighted by Crippen LogP contribution is 2.37. The zero-order valence-electron chi connectivity index (χ0n) is 22.6. The second-order valence-electron chi connectivity index (χ2n) is 11.1. The Hall–Kier alpha value is -3.08. The third-order valence-electron chi connectivity index (χ3n) is 8.45. The largest absolute Gasteiger partial charge is 0.462 e. The molecule has 2 fully saturated rings. The number of rotatable bonds is 7. The molecule has 1 atom stereocenters. The van der Waals surface area contributed by atoms with E-state index >= 15 is 0 Å². The van der Waals surface area contributed by atoms with Crippen LogP contribution < -0.4 is 14.5 Å². The van der Waals surface area contributed by atoms with Gasteiger partial charge in [0.25, 0.3) is 0 Å². The van der Waals surface area contributed by atoms with Crippen molar-refractivity contribution in [3.05, 3.63) is 64.1 Å². The summed E-state index contributed by atoms with van der Waals surface area (Å²) in [7, 11) is 0. The maximum atomic E-state index is 7.37. The maximum absolute atomic E-state index is 7.37. The van der Waals surface area contributed by atoms with Gasteiger partial charge in [0.15, 0.2) is 0 Å². The minimum absolute atomic E-state index is 0.392. The Labute approximate surface area is 236 Å². The van der Waals surface area contributed by atoms with E-state index < -0.39 is 0 Å². The summed E-state index contributed by atoms with van der Waals surface area (Å²) in [5, 5.41) is 3.02. The first-order valence-corrected chi connectivity index (χ1v) is 14.8. The summed E-state index contributed by atoms with van der Waals surface area (Å²) in [5.74, 6) is 1.40. The predicted molar refractivity (Wildman–Crippen MR) is 158 cm³/mol. The topological polar surface area (TPSA) is 49.1 Å². The molecule has 0 aliphatic carbocycles. The molecule has 204 valence electrons. The van der Waals surface area contributed by atoms with E-state index in [9.17, 15) is 0 Å². The van der Waals surface area contributed by atoms with Crippen molar-refractivity contribution in [3.63, 3.8) is 0 Å². The van der Waals surface area contributed by atoms with Crippen molar-refractivity contribution in [3.8, 4) is 6.01 Å². The first kappa shape index (κ1) is 26.2. The predicted octanol–water partition coefficient (Wildman–Crippen LogP) is 5.85. The van der Waals surface area contributed by atoms with Gasteiger partial charge in [-0.1, -0.05) is 42.3 Å². The van der Waals surface area contributed by atoms with E-state index in [0.29, 0.717) is 31.6 Å². The summed E-state index contributed by atoms with van der Waals surface area (Å²) in [5.41, 5.74) is 3.41. The van der Waals surface area contributed by atoms with Crippen LogP contribution in [-0.4, -0.2) is 67.3 Å². The van der Waals surface area contributed by atoms with Gasteiger partial charge in [-0.05, 0) is 62.7 Å². The molecule has 0 spiro atoms. The van der Waals surface area contributed by atoms with Crippen LogP contribution in [0, 0.1) is 12.5 Å². The Morgan fingerprint density at radius 2 is 1.82 bits per heavy atom. The second kappa shape index (κ2) is 12.0. The van der Waals surface area contributed by atoms with Crippen LogP contribution in [0.25, 0.3) is 15.6 Å². The van der Waals surface area contributed by atoms with Crippen molar-refractivity contribution in [1.29, 1.82) is 0 Å². The number of nitrogens with zero attached hydrogens (tertiary/aromatic N) is 6. The van der Waals surface area contributed by atoms with Gasteiger partial charge in [-0.2, -0.15) is 9.97 Å². The molecule has 4 heterocycles. The van der Waals surface area contributed by atoms with Gasteiger partial charge in [0.1, 0.15) is 12.4 Å². The number of fused-ring (bicyclic) bond motifs is 2. The van der Waals surface area contributed by atoms with Crippen molar-refractivity contribution < 1.29 is 4.74 Å². The van der Waals surface area contributed by atoms with E-state index in [1.165, 1.54) is 24.8 Å². The Morgan fingerprint density at radius 3 is 2.67 bits per heavy atom. The van der Waals surface area contributed by atoms with Gasteiger partial charge < -0.3 is 19.4 Å². The van der Waals surface area contributed by atoms with Gasteiger partial charge >= 0.3 is 6.01 Å². The monoisotopic (exact) mass is 544 g/mol. The fourth-order valence-electron chi connectivity index (χ4n) is 6.44. The standard InChI is InChI=1S/C31H37ClN6O/c1-33-20-23-8-7-16-38(21-23)30-25-13-17-37(28-12-6-10-24-9-5-11-26(32)29(24)28)22-27(25)34-31(35-30)39-19-18-36-14-3-2-4-15-36/h5-6,9-12,23H,2-4,7-8,13-22H2/t23-/m0/s1. The van der Waals surface area contributed by atoms with Crippen molar-refractivity contribution in [2.45, 2.75) is 45.1 Å². The highest BCUT2D eigenvalue weighted by molar-refractivity contribution is 6.36. The summed E-state index contributed by atoms with van der Waals surface area (Å²) in [6.07, 6.45) is 6.94. The van der Waals surface area contributed by atoms with Crippen LogP contribution >= 0.6 is 11.6 Å². The molecule has 0 unspecified atom stereocenters. The summed E-state index contributed by atoms with van der Waals surface area (Å²) in [6, 6.07) is 13.0. The lowest BCUT2D eigenvalue weighted by Crippen LogP contribution is -2.39. The summed E-state index contributed by atoms with van der Waals surface area (Å²) >= 11 is 6.69. The number of piperidine rings is 2. The van der Waals surface area contributed by atoms with Gasteiger partial charge in [-0.15, -0.1) is 0 Å². The van der Waals surface area contributed by atoms with Gasteiger partial charge in [-0.25, -0.2) is 6.57 Å². The van der Waals surface area contributed by atoms with Crippen LogP contribution in [0.5, 0.6) is 6.01 Å². The molecule has 0 saturated carbocycles.